The summed E-state index contributed by atoms with van der Waals surface area (Å²) >= 11 is 0. The van der Waals surface area contributed by atoms with Crippen molar-refractivity contribution in [2.24, 2.45) is 56.7 Å². The van der Waals surface area contributed by atoms with E-state index >= 15 is 0 Å². The monoisotopic (exact) mass is 1060 g/mol. The molecule has 0 bridgehead atoms. The first-order valence-corrected chi connectivity index (χ1v) is 27.2. The number of hydrogen-bond donors (Lipinski definition) is 12. The van der Waals surface area contributed by atoms with Crippen molar-refractivity contribution < 1.29 is 104 Å². The van der Waals surface area contributed by atoms with E-state index in [0.717, 1.165) is 38.5 Å². The maximum absolute atomic E-state index is 14.8. The quantitative estimate of drug-likeness (QED) is 0.0745. The van der Waals surface area contributed by atoms with Gasteiger partial charge in [0.2, 0.25) is 6.29 Å². The van der Waals surface area contributed by atoms with Crippen LogP contribution in [0.4, 0.5) is 0 Å². The van der Waals surface area contributed by atoms with E-state index in [9.17, 15) is 66.1 Å². The van der Waals surface area contributed by atoms with Gasteiger partial charge in [0.25, 0.3) is 0 Å². The molecule has 424 valence electrons. The van der Waals surface area contributed by atoms with Crippen LogP contribution in [0.3, 0.4) is 0 Å². The van der Waals surface area contributed by atoms with Gasteiger partial charge in [0.1, 0.15) is 85.5 Å². The molecule has 4 aliphatic heterocycles. The molecule has 4 heterocycles. The van der Waals surface area contributed by atoms with Gasteiger partial charge in [0.15, 0.2) is 18.9 Å². The van der Waals surface area contributed by atoms with E-state index in [2.05, 4.69) is 54.5 Å². The number of esters is 1. The molecule has 21 heteroatoms. The summed E-state index contributed by atoms with van der Waals surface area (Å²) in [5, 5.41) is 128. The Labute approximate surface area is 433 Å². The number of carbonyl (C=O) groups excluding carboxylic acids is 1. The minimum atomic E-state index is -1.83. The maximum Gasteiger partial charge on any atom is 0.315 e. The largest absolute Gasteiger partial charge is 0.432 e. The highest BCUT2D eigenvalue weighted by Crippen LogP contribution is 2.76. The minimum Gasteiger partial charge on any atom is -0.432 e. The predicted octanol–water partition coefficient (Wildman–Crippen LogP) is -0.513. The van der Waals surface area contributed by atoms with Crippen LogP contribution < -0.4 is 0 Å². The Kier molecular flexibility index (Phi) is 16.1. The van der Waals surface area contributed by atoms with Crippen LogP contribution in [0.2, 0.25) is 0 Å². The van der Waals surface area contributed by atoms with E-state index in [4.69, 9.17) is 37.9 Å². The predicted molar refractivity (Wildman–Crippen MR) is 255 cm³/mol. The van der Waals surface area contributed by atoms with Gasteiger partial charge >= 0.3 is 5.97 Å². The fraction of sp³-hybridized carbons (Fsp3) is 0.943. The van der Waals surface area contributed by atoms with E-state index in [1.807, 2.05) is 0 Å². The third kappa shape index (κ3) is 8.99. The summed E-state index contributed by atoms with van der Waals surface area (Å²) in [6.45, 7) is 15.9. The number of allylic oxidation sites excluding steroid dienone is 2. The van der Waals surface area contributed by atoms with Crippen molar-refractivity contribution in [3.8, 4) is 0 Å². The third-order valence-electron chi connectivity index (χ3n) is 21.3. The summed E-state index contributed by atoms with van der Waals surface area (Å²) < 4.78 is 49.0. The van der Waals surface area contributed by atoms with Crippen LogP contribution >= 0.6 is 0 Å². The lowest BCUT2D eigenvalue weighted by Gasteiger charge is -2.71. The molecule has 0 amide bonds. The number of fused-ring (bicyclic) bond motifs is 7. The molecular formula is C53H86O21. The molecule has 4 saturated carbocycles. The number of carbonyl (C=O) groups is 1. The second kappa shape index (κ2) is 20.8. The van der Waals surface area contributed by atoms with Crippen molar-refractivity contribution in [2.45, 2.75) is 236 Å². The Hall–Kier alpha value is -1.55. The van der Waals surface area contributed by atoms with E-state index in [0.29, 0.717) is 25.2 Å². The molecule has 0 spiro atoms. The molecule has 0 aromatic carbocycles. The van der Waals surface area contributed by atoms with Gasteiger partial charge in [-0.3, -0.25) is 4.79 Å². The van der Waals surface area contributed by atoms with Gasteiger partial charge in [0, 0.05) is 0 Å². The average Bonchev–Trinajstić information content (AvgIpc) is 3.36. The SMILES string of the molecule is C[C@H]1[C@H](C)CC[C@]2(C(=O)O[C@@H]3O[C@H](CO)[C@@H](O)[C@H](O)[C@H]3O)CC[C@]3(C)C(=CCC4[C@@]5(C)CC[C@H](O[C@@H]6OC[C@H](O)[C@H](O[C@@H]7O[C@H](CO)[C@@H](O)[C@H](O)[C@H]7O)[C@H]6O[C@@H]6O[C@@H](C)[C@H](O)[C@@H](O)[C@H]6O)C(C)(C)C5CC[C@]43C)[C@H]12. The molecule has 29 atom stereocenters. The van der Waals surface area contributed by atoms with Crippen molar-refractivity contribution in [1.82, 2.24) is 0 Å². The van der Waals surface area contributed by atoms with E-state index in [1.54, 1.807) is 0 Å². The van der Waals surface area contributed by atoms with E-state index in [-0.39, 0.29) is 46.5 Å². The average molecular weight is 1060 g/mol. The lowest BCUT2D eigenvalue weighted by Crippen LogP contribution is -2.67. The molecule has 0 radical (unpaired) electrons. The van der Waals surface area contributed by atoms with Crippen LogP contribution in [0.1, 0.15) is 113 Å². The van der Waals surface area contributed by atoms with Crippen molar-refractivity contribution >= 4 is 5.97 Å². The zero-order chi connectivity index (χ0) is 53.9. The number of aliphatic hydroxyl groups is 12. The zero-order valence-electron chi connectivity index (χ0n) is 44.0. The standard InChI is InChI=1S/C53H86O21/c1-22-11-16-53(48(66)74-46-41(65)38(62)35(59)28(20-55)70-46)18-17-51(7)25(32(53)23(22)2)9-10-30-50(6)14-13-31(49(4,5)29(50)12-15-52(30,51)8)71-47-43(73-44-39(63)36(60)33(57)24(3)68-44)42(26(56)21-67-47)72-45-40(64)37(61)34(58)27(19-54)69-45/h9,22-24,26-47,54-65H,10-21H2,1-8H3/t22-,23+,24+,26+,27-,28-,29?,30?,31+,32+,33+,34-,35-,36-,37+,38+,39-,40-,41-,42+,43-,44+,45+,46+,47+,50+,51-,52-,53+/m1/s1. The number of aliphatic hydroxyl groups excluding tert-OH is 12. The molecular weight excluding hydrogens is 973 g/mol. The van der Waals surface area contributed by atoms with E-state index < -0.39 is 153 Å². The molecule has 0 aromatic rings. The number of rotatable bonds is 10. The van der Waals surface area contributed by atoms with Gasteiger partial charge in [-0.1, -0.05) is 60.1 Å². The van der Waals surface area contributed by atoms with Crippen LogP contribution in [-0.4, -0.2) is 210 Å². The second-order valence-corrected chi connectivity index (χ2v) is 25.2. The van der Waals surface area contributed by atoms with Gasteiger partial charge in [0.05, 0.1) is 37.4 Å². The first-order valence-electron chi connectivity index (χ1n) is 27.2. The van der Waals surface area contributed by atoms with Crippen molar-refractivity contribution in [2.75, 3.05) is 19.8 Å². The smallest absolute Gasteiger partial charge is 0.315 e. The fourth-order valence-electron chi connectivity index (χ4n) is 16.4. The minimum absolute atomic E-state index is 0.113. The van der Waals surface area contributed by atoms with Crippen LogP contribution in [0.5, 0.6) is 0 Å². The summed E-state index contributed by atoms with van der Waals surface area (Å²) in [6, 6.07) is 0. The Morgan fingerprint density at radius 2 is 1.19 bits per heavy atom. The lowest BCUT2D eigenvalue weighted by molar-refractivity contribution is -0.388. The van der Waals surface area contributed by atoms with Gasteiger partial charge in [-0.15, -0.1) is 0 Å². The summed E-state index contributed by atoms with van der Waals surface area (Å²) in [4.78, 5) is 14.8. The van der Waals surface area contributed by atoms with E-state index in [1.165, 1.54) is 12.5 Å². The third-order valence-corrected chi connectivity index (χ3v) is 21.3. The Balaban J connectivity index is 0.975. The summed E-state index contributed by atoms with van der Waals surface area (Å²) in [7, 11) is 0. The highest BCUT2D eigenvalue weighted by molar-refractivity contribution is 5.79. The highest BCUT2D eigenvalue weighted by atomic mass is 16.8. The molecule has 4 saturated heterocycles. The maximum atomic E-state index is 14.8. The zero-order valence-corrected chi connectivity index (χ0v) is 44.0. The lowest BCUT2D eigenvalue weighted by atomic mass is 9.33. The summed E-state index contributed by atoms with van der Waals surface area (Å²) in [5.41, 5.74) is -0.824. The normalized spacial score (nSPS) is 55.4. The van der Waals surface area contributed by atoms with Gasteiger partial charge in [-0.25, -0.2) is 0 Å². The summed E-state index contributed by atoms with van der Waals surface area (Å²) in [6.07, 6.45) is -20.7. The van der Waals surface area contributed by atoms with Gasteiger partial charge < -0.3 is 99.2 Å². The number of hydrogen-bond acceptors (Lipinski definition) is 21. The molecule has 9 aliphatic rings. The van der Waals surface area contributed by atoms with Crippen LogP contribution in [0.25, 0.3) is 0 Å². The summed E-state index contributed by atoms with van der Waals surface area (Å²) in [5.74, 6) is 0.120. The Morgan fingerprint density at radius 1 is 0.608 bits per heavy atom. The molecule has 12 N–H and O–H groups in total. The van der Waals surface area contributed by atoms with Gasteiger partial charge in [-0.2, -0.15) is 0 Å². The van der Waals surface area contributed by atoms with Crippen LogP contribution in [0.15, 0.2) is 11.6 Å². The fourth-order valence-corrected chi connectivity index (χ4v) is 16.4. The molecule has 9 rings (SSSR count). The van der Waals surface area contributed by atoms with Crippen LogP contribution in [0, 0.1) is 56.7 Å². The molecule has 8 fully saturated rings. The molecule has 74 heavy (non-hydrogen) atoms. The first-order chi connectivity index (χ1) is 34.7. The van der Waals surface area contributed by atoms with Crippen LogP contribution in [-0.2, 0) is 42.7 Å². The number of ether oxygens (including phenoxy) is 8. The molecule has 0 aromatic heterocycles. The van der Waals surface area contributed by atoms with Gasteiger partial charge in [-0.05, 0) is 116 Å². The van der Waals surface area contributed by atoms with Crippen molar-refractivity contribution in [3.05, 3.63) is 11.6 Å². The molecule has 5 aliphatic carbocycles. The first kappa shape index (κ1) is 57.1. The van der Waals surface area contributed by atoms with Crippen molar-refractivity contribution in [3.63, 3.8) is 0 Å². The Morgan fingerprint density at radius 3 is 1.82 bits per heavy atom. The highest BCUT2D eigenvalue weighted by Gasteiger charge is 2.70. The Bertz CT molecular complexity index is 2020. The topological polar surface area (TPSA) is 334 Å². The molecule has 21 nitrogen and oxygen atoms in total. The van der Waals surface area contributed by atoms with Crippen molar-refractivity contribution in [1.29, 1.82) is 0 Å². The molecule has 2 unspecified atom stereocenters. The second-order valence-electron chi connectivity index (χ2n) is 25.2.